The van der Waals surface area contributed by atoms with E-state index in [9.17, 15) is 0 Å². The Kier molecular flexibility index (Phi) is 1.04. The van der Waals surface area contributed by atoms with Gasteiger partial charge in [-0.25, -0.2) is 0 Å². The van der Waals surface area contributed by atoms with E-state index in [4.69, 9.17) is 0 Å². The van der Waals surface area contributed by atoms with Crippen molar-refractivity contribution in [2.45, 2.75) is 12.6 Å². The van der Waals surface area contributed by atoms with Crippen LogP contribution in [0.4, 0.5) is 5.69 Å². The quantitative estimate of drug-likeness (QED) is 0.614. The molecule has 2 heteroatoms. The van der Waals surface area contributed by atoms with Gasteiger partial charge in [-0.3, -0.25) is 0 Å². The molecule has 0 bridgehead atoms. The van der Waals surface area contributed by atoms with Crippen LogP contribution in [0.15, 0.2) is 36.7 Å². The second-order valence-corrected chi connectivity index (χ2v) is 3.24. The Bertz CT molecular complexity index is 343. The highest BCUT2D eigenvalue weighted by Crippen LogP contribution is 2.32. The zero-order valence-corrected chi connectivity index (χ0v) is 6.70. The van der Waals surface area contributed by atoms with E-state index in [1.807, 2.05) is 6.20 Å². The van der Waals surface area contributed by atoms with Crippen molar-refractivity contribution < 1.29 is 0 Å². The standard InChI is InChI=1S/C10H10N2/c1-2-4-9-8(3-1)7-10-11-5-6-12(9)10/h1-6,10-11H,7H2/t10-/m0/s1. The van der Waals surface area contributed by atoms with Crippen LogP contribution in [0.2, 0.25) is 0 Å². The molecule has 0 spiro atoms. The summed E-state index contributed by atoms with van der Waals surface area (Å²) in [5.41, 5.74) is 2.79. The molecule has 2 heterocycles. The fraction of sp³-hybridized carbons (Fsp3) is 0.200. The highest BCUT2D eigenvalue weighted by Gasteiger charge is 2.28. The van der Waals surface area contributed by atoms with Crippen molar-refractivity contribution in [2.24, 2.45) is 0 Å². The van der Waals surface area contributed by atoms with Crippen LogP contribution >= 0.6 is 0 Å². The molecule has 2 nitrogen and oxygen atoms in total. The second kappa shape index (κ2) is 2.03. The number of hydrogen-bond acceptors (Lipinski definition) is 2. The molecule has 0 saturated carbocycles. The molecule has 0 fully saturated rings. The summed E-state index contributed by atoms with van der Waals surface area (Å²) >= 11 is 0. The lowest BCUT2D eigenvalue weighted by Gasteiger charge is -2.16. The van der Waals surface area contributed by atoms with Crippen LogP contribution in [0.25, 0.3) is 0 Å². The molecule has 0 saturated heterocycles. The topological polar surface area (TPSA) is 15.3 Å². The summed E-state index contributed by atoms with van der Waals surface area (Å²) in [7, 11) is 0. The summed E-state index contributed by atoms with van der Waals surface area (Å²) in [6.07, 6.45) is 5.71. The van der Waals surface area contributed by atoms with Crippen LogP contribution < -0.4 is 10.2 Å². The first-order chi connectivity index (χ1) is 5.95. The zero-order chi connectivity index (χ0) is 7.97. The van der Waals surface area contributed by atoms with Crippen molar-refractivity contribution in [1.82, 2.24) is 5.32 Å². The van der Waals surface area contributed by atoms with E-state index in [0.29, 0.717) is 6.17 Å². The monoisotopic (exact) mass is 158 g/mol. The van der Waals surface area contributed by atoms with Gasteiger partial charge in [0, 0.05) is 24.5 Å². The number of nitrogens with one attached hydrogen (secondary N) is 1. The molecule has 1 atom stereocenters. The number of anilines is 1. The van der Waals surface area contributed by atoms with Crippen molar-refractivity contribution in [3.8, 4) is 0 Å². The smallest absolute Gasteiger partial charge is 0.107 e. The van der Waals surface area contributed by atoms with Crippen molar-refractivity contribution >= 4 is 5.69 Å². The van der Waals surface area contributed by atoms with Gasteiger partial charge in [0.1, 0.15) is 6.17 Å². The predicted molar refractivity (Wildman–Crippen MR) is 48.7 cm³/mol. The molecule has 3 rings (SSSR count). The fourth-order valence-corrected chi connectivity index (χ4v) is 1.97. The highest BCUT2D eigenvalue weighted by atomic mass is 15.3. The van der Waals surface area contributed by atoms with Crippen LogP contribution in [-0.4, -0.2) is 6.17 Å². The van der Waals surface area contributed by atoms with Crippen LogP contribution in [0.3, 0.4) is 0 Å². The zero-order valence-electron chi connectivity index (χ0n) is 6.70. The lowest BCUT2D eigenvalue weighted by atomic mass is 10.1. The summed E-state index contributed by atoms with van der Waals surface area (Å²) in [6.45, 7) is 0. The van der Waals surface area contributed by atoms with Crippen LogP contribution in [0.1, 0.15) is 5.56 Å². The van der Waals surface area contributed by atoms with Crippen molar-refractivity contribution in [3.05, 3.63) is 42.2 Å². The molecule has 0 aliphatic carbocycles. The van der Waals surface area contributed by atoms with E-state index in [-0.39, 0.29) is 0 Å². The molecule has 0 aromatic heterocycles. The van der Waals surface area contributed by atoms with E-state index >= 15 is 0 Å². The molecule has 0 amide bonds. The van der Waals surface area contributed by atoms with E-state index in [2.05, 4.69) is 40.7 Å². The maximum absolute atomic E-state index is 3.31. The minimum atomic E-state index is 0.474. The molecule has 2 aliphatic heterocycles. The lowest BCUT2D eigenvalue weighted by molar-refractivity contribution is 0.655. The SMILES string of the molecule is C1=CN2c3ccccc3C[C@H]2N1. The third kappa shape index (κ3) is 0.644. The molecular weight excluding hydrogens is 148 g/mol. The summed E-state index contributed by atoms with van der Waals surface area (Å²) in [4.78, 5) is 2.29. The number of nitrogens with zero attached hydrogens (tertiary/aromatic N) is 1. The molecule has 60 valence electrons. The summed E-state index contributed by atoms with van der Waals surface area (Å²) in [5.74, 6) is 0. The number of hydrogen-bond donors (Lipinski definition) is 1. The third-order valence-electron chi connectivity index (χ3n) is 2.54. The molecule has 12 heavy (non-hydrogen) atoms. The summed E-state index contributed by atoms with van der Waals surface area (Å²) < 4.78 is 0. The Morgan fingerprint density at radius 3 is 3.25 bits per heavy atom. The highest BCUT2D eigenvalue weighted by molar-refractivity contribution is 5.62. The molecule has 1 aromatic rings. The number of fused-ring (bicyclic) bond motifs is 3. The van der Waals surface area contributed by atoms with Gasteiger partial charge in [-0.05, 0) is 11.6 Å². The predicted octanol–water partition coefficient (Wildman–Crippen LogP) is 1.45. The average Bonchev–Trinajstić information content (AvgIpc) is 2.62. The Hall–Kier alpha value is -1.44. The molecule has 1 aromatic carbocycles. The molecule has 2 aliphatic rings. The van der Waals surface area contributed by atoms with Gasteiger partial charge in [0.25, 0.3) is 0 Å². The van der Waals surface area contributed by atoms with E-state index in [1.54, 1.807) is 0 Å². The van der Waals surface area contributed by atoms with Gasteiger partial charge in [-0.2, -0.15) is 0 Å². The Balaban J connectivity index is 2.14. The van der Waals surface area contributed by atoms with Gasteiger partial charge in [-0.1, -0.05) is 18.2 Å². The van der Waals surface area contributed by atoms with E-state index in [0.717, 1.165) is 6.42 Å². The van der Waals surface area contributed by atoms with Gasteiger partial charge in [-0.15, -0.1) is 0 Å². The van der Waals surface area contributed by atoms with Crippen LogP contribution in [0.5, 0.6) is 0 Å². The third-order valence-corrected chi connectivity index (χ3v) is 2.54. The Labute approximate surface area is 71.5 Å². The first-order valence-corrected chi connectivity index (χ1v) is 4.24. The first kappa shape index (κ1) is 6.12. The Morgan fingerprint density at radius 2 is 2.25 bits per heavy atom. The normalized spacial score (nSPS) is 23.7. The number of rotatable bonds is 0. The fourth-order valence-electron chi connectivity index (χ4n) is 1.97. The van der Waals surface area contributed by atoms with Crippen molar-refractivity contribution in [2.75, 3.05) is 4.90 Å². The summed E-state index contributed by atoms with van der Waals surface area (Å²) in [5, 5.41) is 3.31. The minimum Gasteiger partial charge on any atom is -0.369 e. The van der Waals surface area contributed by atoms with Crippen molar-refractivity contribution in [1.29, 1.82) is 0 Å². The lowest BCUT2D eigenvalue weighted by Crippen LogP contribution is -2.31. The number of para-hydroxylation sites is 1. The largest absolute Gasteiger partial charge is 0.369 e. The van der Waals surface area contributed by atoms with E-state index < -0.39 is 0 Å². The maximum atomic E-state index is 3.31. The van der Waals surface area contributed by atoms with Crippen molar-refractivity contribution in [3.63, 3.8) is 0 Å². The molecular formula is C10H10N2. The number of benzene rings is 1. The van der Waals surface area contributed by atoms with Gasteiger partial charge >= 0.3 is 0 Å². The first-order valence-electron chi connectivity index (χ1n) is 4.24. The molecule has 1 N–H and O–H groups in total. The second-order valence-electron chi connectivity index (χ2n) is 3.24. The minimum absolute atomic E-state index is 0.474. The van der Waals surface area contributed by atoms with E-state index in [1.165, 1.54) is 11.3 Å². The van der Waals surface area contributed by atoms with Gasteiger partial charge in [0.05, 0.1) is 0 Å². The summed E-state index contributed by atoms with van der Waals surface area (Å²) in [6, 6.07) is 8.56. The molecule has 0 radical (unpaired) electrons. The Morgan fingerprint density at radius 1 is 1.33 bits per heavy atom. The van der Waals surface area contributed by atoms with Gasteiger partial charge in [0.15, 0.2) is 0 Å². The maximum Gasteiger partial charge on any atom is 0.107 e. The van der Waals surface area contributed by atoms with Gasteiger partial charge < -0.3 is 10.2 Å². The molecule has 0 unspecified atom stereocenters. The van der Waals surface area contributed by atoms with Crippen LogP contribution in [-0.2, 0) is 6.42 Å². The average molecular weight is 158 g/mol. The van der Waals surface area contributed by atoms with Gasteiger partial charge in [0.2, 0.25) is 0 Å². The van der Waals surface area contributed by atoms with Crippen LogP contribution in [0, 0.1) is 0 Å².